The van der Waals surface area contributed by atoms with Gasteiger partial charge in [-0.1, -0.05) is 30.3 Å². The van der Waals surface area contributed by atoms with Gasteiger partial charge in [-0.15, -0.1) is 0 Å². The number of nitrogens with one attached hydrogen (secondary N) is 1. The Balaban J connectivity index is 2.10. The quantitative estimate of drug-likeness (QED) is 0.563. The third kappa shape index (κ3) is 5.52. The van der Waals surface area contributed by atoms with Crippen molar-refractivity contribution in [2.45, 2.75) is 19.1 Å². The SMILES string of the molecule is O=C(O)C[C@@H](NC(=O)c1cc(O)cc(OCc2ccccc2)c1)C(=O)O. The molecule has 2 aromatic carbocycles. The summed E-state index contributed by atoms with van der Waals surface area (Å²) in [6.45, 7) is 0.210. The Morgan fingerprint density at radius 2 is 1.73 bits per heavy atom. The molecule has 0 saturated heterocycles. The van der Waals surface area contributed by atoms with E-state index in [9.17, 15) is 19.5 Å². The molecule has 0 aliphatic rings. The van der Waals surface area contributed by atoms with Gasteiger partial charge >= 0.3 is 11.9 Å². The number of carbonyl (C=O) groups is 3. The first-order valence-electron chi connectivity index (χ1n) is 7.61. The van der Waals surface area contributed by atoms with Crippen molar-refractivity contribution in [1.82, 2.24) is 5.32 Å². The Kier molecular flexibility index (Phi) is 6.15. The molecule has 0 aliphatic carbocycles. The van der Waals surface area contributed by atoms with Crippen molar-refractivity contribution in [3.8, 4) is 11.5 Å². The van der Waals surface area contributed by atoms with E-state index in [0.29, 0.717) is 0 Å². The molecule has 0 saturated carbocycles. The van der Waals surface area contributed by atoms with Crippen LogP contribution in [0.1, 0.15) is 22.3 Å². The molecule has 0 fully saturated rings. The van der Waals surface area contributed by atoms with Gasteiger partial charge in [0.05, 0.1) is 6.42 Å². The molecule has 0 aliphatic heterocycles. The number of carboxylic acids is 2. The molecule has 0 spiro atoms. The number of rotatable bonds is 8. The number of phenolic OH excluding ortho intramolecular Hbond substituents is 1. The van der Waals surface area contributed by atoms with E-state index in [0.717, 1.165) is 11.6 Å². The lowest BCUT2D eigenvalue weighted by molar-refractivity contribution is -0.145. The lowest BCUT2D eigenvalue weighted by Crippen LogP contribution is -2.42. The van der Waals surface area contributed by atoms with E-state index in [2.05, 4.69) is 5.32 Å². The molecule has 26 heavy (non-hydrogen) atoms. The summed E-state index contributed by atoms with van der Waals surface area (Å²) in [5, 5.41) is 29.6. The zero-order chi connectivity index (χ0) is 19.1. The van der Waals surface area contributed by atoms with E-state index in [1.807, 2.05) is 30.3 Å². The standard InChI is InChI=1S/C18H17NO7/c20-13-6-12(17(23)19-15(18(24)25)9-16(21)22)7-14(8-13)26-10-11-4-2-1-3-5-11/h1-8,15,20H,9-10H2,(H,19,23)(H,21,22)(H,24,25)/t15-/m1/s1. The number of hydrogen-bond acceptors (Lipinski definition) is 5. The van der Waals surface area contributed by atoms with Crippen LogP contribution in [0.3, 0.4) is 0 Å². The van der Waals surface area contributed by atoms with E-state index >= 15 is 0 Å². The highest BCUT2D eigenvalue weighted by molar-refractivity contribution is 5.98. The highest BCUT2D eigenvalue weighted by atomic mass is 16.5. The van der Waals surface area contributed by atoms with Crippen LogP contribution in [0, 0.1) is 0 Å². The van der Waals surface area contributed by atoms with Gasteiger partial charge in [0.1, 0.15) is 24.1 Å². The fourth-order valence-corrected chi connectivity index (χ4v) is 2.15. The van der Waals surface area contributed by atoms with Crippen LogP contribution in [0.2, 0.25) is 0 Å². The maximum absolute atomic E-state index is 12.2. The maximum Gasteiger partial charge on any atom is 0.326 e. The second kappa shape index (κ2) is 8.52. The van der Waals surface area contributed by atoms with E-state index in [1.54, 1.807) is 0 Å². The van der Waals surface area contributed by atoms with Crippen LogP contribution in [0.5, 0.6) is 11.5 Å². The normalized spacial score (nSPS) is 11.4. The van der Waals surface area contributed by atoms with Gasteiger partial charge in [0, 0.05) is 11.6 Å². The fraction of sp³-hybridized carbons (Fsp3) is 0.167. The average Bonchev–Trinajstić information content (AvgIpc) is 2.59. The number of carbonyl (C=O) groups excluding carboxylic acids is 1. The maximum atomic E-state index is 12.2. The summed E-state index contributed by atoms with van der Waals surface area (Å²) in [7, 11) is 0. The van der Waals surface area contributed by atoms with Crippen molar-refractivity contribution < 1.29 is 34.4 Å². The summed E-state index contributed by atoms with van der Waals surface area (Å²) < 4.78 is 5.53. The number of ether oxygens (including phenoxy) is 1. The predicted octanol–water partition coefficient (Wildman–Crippen LogP) is 1.63. The van der Waals surface area contributed by atoms with Crippen molar-refractivity contribution in [2.75, 3.05) is 0 Å². The Morgan fingerprint density at radius 1 is 1.04 bits per heavy atom. The van der Waals surface area contributed by atoms with Gasteiger partial charge in [-0.25, -0.2) is 4.79 Å². The Morgan fingerprint density at radius 3 is 2.35 bits per heavy atom. The molecular weight excluding hydrogens is 342 g/mol. The minimum absolute atomic E-state index is 0.0512. The second-order valence-corrected chi connectivity index (χ2v) is 5.45. The minimum Gasteiger partial charge on any atom is -0.508 e. The molecule has 0 bridgehead atoms. The summed E-state index contributed by atoms with van der Waals surface area (Å²) in [4.78, 5) is 33.9. The molecule has 8 heteroatoms. The molecule has 1 amide bonds. The van der Waals surface area contributed by atoms with Crippen molar-refractivity contribution in [1.29, 1.82) is 0 Å². The highest BCUT2D eigenvalue weighted by Gasteiger charge is 2.24. The summed E-state index contributed by atoms with van der Waals surface area (Å²) in [5.74, 6) is -3.70. The molecule has 0 heterocycles. The third-order valence-corrected chi connectivity index (χ3v) is 3.38. The summed E-state index contributed by atoms with van der Waals surface area (Å²) in [5.41, 5.74) is 0.832. The van der Waals surface area contributed by atoms with Gasteiger partial charge in [-0.2, -0.15) is 0 Å². The van der Waals surface area contributed by atoms with Crippen LogP contribution >= 0.6 is 0 Å². The van der Waals surface area contributed by atoms with Crippen molar-refractivity contribution >= 4 is 17.8 Å². The monoisotopic (exact) mass is 359 g/mol. The summed E-state index contributed by atoms with van der Waals surface area (Å²) >= 11 is 0. The number of hydrogen-bond donors (Lipinski definition) is 4. The van der Waals surface area contributed by atoms with Crippen molar-refractivity contribution in [3.05, 3.63) is 59.7 Å². The highest BCUT2D eigenvalue weighted by Crippen LogP contribution is 2.23. The lowest BCUT2D eigenvalue weighted by atomic mass is 10.1. The van der Waals surface area contributed by atoms with Gasteiger partial charge in [0.2, 0.25) is 0 Å². The number of benzene rings is 2. The van der Waals surface area contributed by atoms with Gasteiger partial charge in [-0.05, 0) is 17.7 Å². The largest absolute Gasteiger partial charge is 0.508 e. The Hall–Kier alpha value is -3.55. The Labute approximate surface area is 148 Å². The van der Waals surface area contributed by atoms with E-state index in [-0.39, 0.29) is 23.7 Å². The topological polar surface area (TPSA) is 133 Å². The first kappa shape index (κ1) is 18.8. The van der Waals surface area contributed by atoms with E-state index in [1.165, 1.54) is 12.1 Å². The first-order valence-corrected chi connectivity index (χ1v) is 7.61. The summed E-state index contributed by atoms with van der Waals surface area (Å²) in [6.07, 6.45) is -0.767. The molecule has 2 aromatic rings. The van der Waals surface area contributed by atoms with Crippen LogP contribution in [0.15, 0.2) is 48.5 Å². The summed E-state index contributed by atoms with van der Waals surface area (Å²) in [6, 6.07) is 11.4. The van der Waals surface area contributed by atoms with E-state index < -0.39 is 30.3 Å². The molecular formula is C18H17NO7. The molecule has 8 nitrogen and oxygen atoms in total. The molecule has 0 unspecified atom stereocenters. The third-order valence-electron chi connectivity index (χ3n) is 3.38. The van der Waals surface area contributed by atoms with Gasteiger partial charge in [0.15, 0.2) is 0 Å². The van der Waals surface area contributed by atoms with Crippen LogP contribution in [0.25, 0.3) is 0 Å². The van der Waals surface area contributed by atoms with Crippen LogP contribution in [-0.4, -0.2) is 39.2 Å². The van der Waals surface area contributed by atoms with Gasteiger partial charge in [-0.3, -0.25) is 9.59 Å². The molecule has 4 N–H and O–H groups in total. The molecule has 0 radical (unpaired) electrons. The van der Waals surface area contributed by atoms with Crippen molar-refractivity contribution in [3.63, 3.8) is 0 Å². The van der Waals surface area contributed by atoms with Crippen LogP contribution < -0.4 is 10.1 Å². The van der Waals surface area contributed by atoms with Gasteiger partial charge < -0.3 is 25.4 Å². The number of amides is 1. The first-order chi connectivity index (χ1) is 12.3. The molecule has 2 rings (SSSR count). The van der Waals surface area contributed by atoms with Crippen LogP contribution in [-0.2, 0) is 16.2 Å². The molecule has 1 atom stereocenters. The fourth-order valence-electron chi connectivity index (χ4n) is 2.15. The number of aromatic hydroxyl groups is 1. The van der Waals surface area contributed by atoms with Gasteiger partial charge in [0.25, 0.3) is 5.91 Å². The number of aliphatic carboxylic acids is 2. The number of phenols is 1. The predicted molar refractivity (Wildman–Crippen MR) is 90.0 cm³/mol. The zero-order valence-corrected chi connectivity index (χ0v) is 13.6. The zero-order valence-electron chi connectivity index (χ0n) is 13.6. The van der Waals surface area contributed by atoms with Crippen molar-refractivity contribution in [2.24, 2.45) is 0 Å². The second-order valence-electron chi connectivity index (χ2n) is 5.45. The molecule has 0 aromatic heterocycles. The number of carboxylic acid groups (broad SMARTS) is 2. The minimum atomic E-state index is -1.59. The average molecular weight is 359 g/mol. The van der Waals surface area contributed by atoms with Crippen LogP contribution in [0.4, 0.5) is 0 Å². The smallest absolute Gasteiger partial charge is 0.326 e. The Bertz CT molecular complexity index is 804. The lowest BCUT2D eigenvalue weighted by Gasteiger charge is -2.13. The van der Waals surface area contributed by atoms with E-state index in [4.69, 9.17) is 14.9 Å². The molecule has 136 valence electrons.